The second kappa shape index (κ2) is 7.64. The van der Waals surface area contributed by atoms with Crippen molar-refractivity contribution < 1.29 is 4.74 Å². The maximum Gasteiger partial charge on any atom is 0.123 e. The maximum absolute atomic E-state index is 5.44. The first-order valence-corrected chi connectivity index (χ1v) is 7.53. The second-order valence-electron chi connectivity index (χ2n) is 5.87. The van der Waals surface area contributed by atoms with Crippen LogP contribution in [0.1, 0.15) is 18.9 Å². The molecule has 1 atom stereocenters. The third kappa shape index (κ3) is 4.62. The molecular formula is C15H24BrClN2O. The fourth-order valence-electron chi connectivity index (χ4n) is 2.87. The molecule has 1 heterocycles. The maximum atomic E-state index is 5.44. The molecule has 114 valence electrons. The van der Waals surface area contributed by atoms with Crippen molar-refractivity contribution in [3.8, 4) is 5.75 Å². The molecule has 0 amide bonds. The van der Waals surface area contributed by atoms with Gasteiger partial charge in [-0.3, -0.25) is 0 Å². The third-order valence-electron chi connectivity index (χ3n) is 3.79. The average Bonchev–Trinajstić information content (AvgIpc) is 2.75. The lowest BCUT2D eigenvalue weighted by Gasteiger charge is -2.29. The van der Waals surface area contributed by atoms with Crippen LogP contribution in [-0.2, 0) is 6.54 Å². The number of benzene rings is 1. The Morgan fingerprint density at radius 1 is 1.45 bits per heavy atom. The molecule has 1 aromatic carbocycles. The van der Waals surface area contributed by atoms with E-state index in [2.05, 4.69) is 46.2 Å². The summed E-state index contributed by atoms with van der Waals surface area (Å²) in [6.45, 7) is 6.65. The van der Waals surface area contributed by atoms with Crippen LogP contribution in [0.2, 0.25) is 0 Å². The highest BCUT2D eigenvalue weighted by atomic mass is 79.9. The average molecular weight is 364 g/mol. The fraction of sp³-hybridized carbons (Fsp3) is 0.600. The summed E-state index contributed by atoms with van der Waals surface area (Å²) < 4.78 is 6.54. The Labute approximate surface area is 136 Å². The van der Waals surface area contributed by atoms with E-state index in [9.17, 15) is 0 Å². The van der Waals surface area contributed by atoms with Gasteiger partial charge in [-0.15, -0.1) is 12.4 Å². The van der Waals surface area contributed by atoms with Crippen molar-refractivity contribution in [1.82, 2.24) is 10.2 Å². The van der Waals surface area contributed by atoms with E-state index in [-0.39, 0.29) is 12.4 Å². The molecule has 0 bridgehead atoms. The standard InChI is InChI=1S/C15H23BrN2O.ClH/c1-15(6-7-17-10-15)11-18(2)9-12-8-13(16)4-5-14(12)19-3;/h4-5,8,17H,6-7,9-11H2,1-3H3;1H. The Kier molecular flexibility index (Phi) is 6.79. The number of ether oxygens (including phenoxy) is 1. The Morgan fingerprint density at radius 3 is 2.80 bits per heavy atom. The zero-order valence-electron chi connectivity index (χ0n) is 12.4. The molecule has 0 aliphatic carbocycles. The number of halogens is 2. The Balaban J connectivity index is 0.00000200. The van der Waals surface area contributed by atoms with Gasteiger partial charge in [0.2, 0.25) is 0 Å². The highest BCUT2D eigenvalue weighted by Gasteiger charge is 2.29. The summed E-state index contributed by atoms with van der Waals surface area (Å²) in [7, 11) is 3.92. The van der Waals surface area contributed by atoms with Gasteiger partial charge < -0.3 is 15.0 Å². The molecule has 1 aromatic rings. The highest BCUT2D eigenvalue weighted by molar-refractivity contribution is 9.10. The van der Waals surface area contributed by atoms with E-state index in [4.69, 9.17) is 4.74 Å². The molecular weight excluding hydrogens is 340 g/mol. The van der Waals surface area contributed by atoms with E-state index >= 15 is 0 Å². The van der Waals surface area contributed by atoms with Crippen molar-refractivity contribution in [1.29, 1.82) is 0 Å². The van der Waals surface area contributed by atoms with Crippen LogP contribution in [0.5, 0.6) is 5.75 Å². The lowest BCUT2D eigenvalue weighted by molar-refractivity contribution is 0.201. The summed E-state index contributed by atoms with van der Waals surface area (Å²) >= 11 is 3.53. The summed E-state index contributed by atoms with van der Waals surface area (Å²) in [5.41, 5.74) is 1.63. The Hall–Kier alpha value is -0.290. The number of methoxy groups -OCH3 is 1. The molecule has 0 saturated carbocycles. The minimum atomic E-state index is 0. The van der Waals surface area contributed by atoms with Crippen LogP contribution in [-0.4, -0.2) is 38.7 Å². The van der Waals surface area contributed by atoms with E-state index in [1.165, 1.54) is 12.0 Å². The van der Waals surface area contributed by atoms with Gasteiger partial charge in [0.25, 0.3) is 0 Å². The molecule has 20 heavy (non-hydrogen) atoms. The zero-order valence-corrected chi connectivity index (χ0v) is 14.8. The van der Waals surface area contributed by atoms with Crippen LogP contribution in [0.15, 0.2) is 22.7 Å². The molecule has 1 aliphatic rings. The Bertz CT molecular complexity index is 436. The van der Waals surface area contributed by atoms with E-state index in [1.54, 1.807) is 7.11 Å². The van der Waals surface area contributed by atoms with Crippen LogP contribution in [0.3, 0.4) is 0 Å². The molecule has 1 aliphatic heterocycles. The predicted molar refractivity (Wildman–Crippen MR) is 89.9 cm³/mol. The lowest BCUT2D eigenvalue weighted by atomic mass is 9.89. The van der Waals surface area contributed by atoms with Crippen LogP contribution in [0.4, 0.5) is 0 Å². The van der Waals surface area contributed by atoms with Gasteiger partial charge >= 0.3 is 0 Å². The van der Waals surface area contributed by atoms with Crippen molar-refractivity contribution in [3.63, 3.8) is 0 Å². The van der Waals surface area contributed by atoms with Gasteiger partial charge in [-0.1, -0.05) is 22.9 Å². The monoisotopic (exact) mass is 362 g/mol. The summed E-state index contributed by atoms with van der Waals surface area (Å²) in [5, 5.41) is 3.45. The van der Waals surface area contributed by atoms with Crippen LogP contribution in [0, 0.1) is 5.41 Å². The molecule has 1 unspecified atom stereocenters. The van der Waals surface area contributed by atoms with Gasteiger partial charge in [0.1, 0.15) is 5.75 Å². The van der Waals surface area contributed by atoms with E-state index < -0.39 is 0 Å². The van der Waals surface area contributed by atoms with Gasteiger partial charge in [-0.05, 0) is 43.6 Å². The normalized spacial score (nSPS) is 21.9. The fourth-order valence-corrected chi connectivity index (χ4v) is 3.28. The first-order chi connectivity index (χ1) is 9.02. The van der Waals surface area contributed by atoms with E-state index in [0.29, 0.717) is 5.41 Å². The van der Waals surface area contributed by atoms with Gasteiger partial charge in [-0.2, -0.15) is 0 Å². The number of hydrogen-bond acceptors (Lipinski definition) is 3. The van der Waals surface area contributed by atoms with E-state index in [1.807, 2.05) is 12.1 Å². The highest BCUT2D eigenvalue weighted by Crippen LogP contribution is 2.28. The molecule has 5 heteroatoms. The molecule has 0 spiro atoms. The predicted octanol–water partition coefficient (Wildman–Crippen LogP) is 3.31. The van der Waals surface area contributed by atoms with Gasteiger partial charge in [0.15, 0.2) is 0 Å². The SMILES string of the molecule is COc1ccc(Br)cc1CN(C)CC1(C)CCNC1.Cl. The van der Waals surface area contributed by atoms with Crippen molar-refractivity contribution in [2.24, 2.45) is 5.41 Å². The molecule has 3 nitrogen and oxygen atoms in total. The van der Waals surface area contributed by atoms with Crippen LogP contribution >= 0.6 is 28.3 Å². The first-order valence-electron chi connectivity index (χ1n) is 6.74. The minimum Gasteiger partial charge on any atom is -0.496 e. The van der Waals surface area contributed by atoms with Crippen molar-refractivity contribution in [3.05, 3.63) is 28.2 Å². The molecule has 2 rings (SSSR count). The van der Waals surface area contributed by atoms with E-state index in [0.717, 1.165) is 36.4 Å². The molecule has 0 aromatic heterocycles. The molecule has 1 fully saturated rings. The van der Waals surface area contributed by atoms with Crippen molar-refractivity contribution in [2.45, 2.75) is 19.9 Å². The Morgan fingerprint density at radius 2 is 2.20 bits per heavy atom. The zero-order chi connectivity index (χ0) is 13.9. The van der Waals surface area contributed by atoms with Gasteiger partial charge in [0, 0.05) is 29.7 Å². The number of nitrogens with one attached hydrogen (secondary N) is 1. The summed E-state index contributed by atoms with van der Waals surface area (Å²) in [6.07, 6.45) is 1.26. The summed E-state index contributed by atoms with van der Waals surface area (Å²) in [4.78, 5) is 2.39. The molecule has 1 N–H and O–H groups in total. The quantitative estimate of drug-likeness (QED) is 0.868. The summed E-state index contributed by atoms with van der Waals surface area (Å²) in [5.74, 6) is 0.963. The number of nitrogens with zero attached hydrogens (tertiary/aromatic N) is 1. The topological polar surface area (TPSA) is 24.5 Å². The van der Waals surface area contributed by atoms with Crippen molar-refractivity contribution in [2.75, 3.05) is 33.8 Å². The third-order valence-corrected chi connectivity index (χ3v) is 4.28. The second-order valence-corrected chi connectivity index (χ2v) is 6.78. The lowest BCUT2D eigenvalue weighted by Crippen LogP contribution is -2.34. The minimum absolute atomic E-state index is 0. The van der Waals surface area contributed by atoms with Gasteiger partial charge in [-0.25, -0.2) is 0 Å². The summed E-state index contributed by atoms with van der Waals surface area (Å²) in [6, 6.07) is 6.18. The van der Waals surface area contributed by atoms with Gasteiger partial charge in [0.05, 0.1) is 7.11 Å². The van der Waals surface area contributed by atoms with Crippen LogP contribution < -0.4 is 10.1 Å². The largest absolute Gasteiger partial charge is 0.496 e. The molecule has 1 saturated heterocycles. The molecule has 0 radical (unpaired) electrons. The number of rotatable bonds is 5. The van der Waals surface area contributed by atoms with Crippen molar-refractivity contribution >= 4 is 28.3 Å². The first kappa shape index (κ1) is 17.8. The smallest absolute Gasteiger partial charge is 0.123 e. The van der Waals surface area contributed by atoms with Crippen LogP contribution in [0.25, 0.3) is 0 Å². The number of hydrogen-bond donors (Lipinski definition) is 1.